The molecular formula is C12H15N3O2S. The summed E-state index contributed by atoms with van der Waals surface area (Å²) in [6.07, 6.45) is 3.64. The van der Waals surface area contributed by atoms with Crippen molar-refractivity contribution in [3.05, 3.63) is 16.5 Å². The van der Waals surface area contributed by atoms with Gasteiger partial charge in [0.15, 0.2) is 6.23 Å². The molecule has 3 heterocycles. The highest BCUT2D eigenvalue weighted by Crippen LogP contribution is 2.37. The third kappa shape index (κ3) is 1.91. The molecule has 3 rings (SSSR count). The second-order valence-electron chi connectivity index (χ2n) is 4.41. The van der Waals surface area contributed by atoms with Crippen molar-refractivity contribution in [2.75, 3.05) is 20.2 Å². The topological polar surface area (TPSA) is 53.9 Å². The molecule has 0 saturated carbocycles. The predicted molar refractivity (Wildman–Crippen MR) is 70.5 cm³/mol. The molecule has 0 aromatic carbocycles. The fraction of sp³-hybridized carbons (Fsp3) is 0.500. The Hall–Kier alpha value is -1.40. The fourth-order valence-corrected chi connectivity index (χ4v) is 3.31. The second kappa shape index (κ2) is 4.70. The molecule has 1 atom stereocenters. The number of nitrogens with one attached hydrogen (secondary N) is 1. The Balaban J connectivity index is 1.88. The number of methoxy groups -OCH3 is 1. The standard InChI is InChI=1S/C12H15N3O2S/c1-17-10-8-6-9(18-11(8)14-7-13-10)12(16)15-4-2-3-5-15/h6-7,10H,2-5H2,1H3,(H,13,14). The molecular weight excluding hydrogens is 250 g/mol. The number of fused-ring (bicyclic) bond motifs is 1. The lowest BCUT2D eigenvalue weighted by Gasteiger charge is -2.17. The van der Waals surface area contributed by atoms with Crippen molar-refractivity contribution < 1.29 is 9.53 Å². The lowest BCUT2D eigenvalue weighted by molar-refractivity contribution is 0.0796. The van der Waals surface area contributed by atoms with E-state index in [9.17, 15) is 4.79 Å². The number of carbonyl (C=O) groups excluding carboxylic acids is 1. The molecule has 1 saturated heterocycles. The number of hydrogen-bond donors (Lipinski definition) is 1. The van der Waals surface area contributed by atoms with Crippen LogP contribution in [0.2, 0.25) is 0 Å². The van der Waals surface area contributed by atoms with Gasteiger partial charge in [-0.25, -0.2) is 4.99 Å². The first-order chi connectivity index (χ1) is 8.79. The SMILES string of the molecule is COC1NC=Nc2sc(C(=O)N3CCCC3)cc21. The first kappa shape index (κ1) is 11.7. The minimum Gasteiger partial charge on any atom is -0.357 e. The highest BCUT2D eigenvalue weighted by Gasteiger charge is 2.26. The summed E-state index contributed by atoms with van der Waals surface area (Å²) in [7, 11) is 1.64. The molecule has 2 aliphatic heterocycles. The van der Waals surface area contributed by atoms with Crippen LogP contribution in [0.3, 0.4) is 0 Å². The van der Waals surface area contributed by atoms with Gasteiger partial charge in [0.2, 0.25) is 0 Å². The molecule has 0 bridgehead atoms. The highest BCUT2D eigenvalue weighted by molar-refractivity contribution is 7.17. The normalized spacial score (nSPS) is 21.8. The number of thiophene rings is 1. The van der Waals surface area contributed by atoms with Gasteiger partial charge in [-0.3, -0.25) is 4.79 Å². The van der Waals surface area contributed by atoms with E-state index in [0.717, 1.165) is 41.4 Å². The van der Waals surface area contributed by atoms with Gasteiger partial charge in [-0.05, 0) is 18.9 Å². The van der Waals surface area contributed by atoms with E-state index >= 15 is 0 Å². The Morgan fingerprint density at radius 1 is 1.56 bits per heavy atom. The number of rotatable bonds is 2. The van der Waals surface area contributed by atoms with Gasteiger partial charge >= 0.3 is 0 Å². The maximum atomic E-state index is 12.3. The van der Waals surface area contributed by atoms with Crippen LogP contribution in [0, 0.1) is 0 Å². The van der Waals surface area contributed by atoms with Crippen molar-refractivity contribution in [2.24, 2.45) is 4.99 Å². The van der Waals surface area contributed by atoms with E-state index in [1.807, 2.05) is 11.0 Å². The van der Waals surface area contributed by atoms with Crippen molar-refractivity contribution in [3.8, 4) is 0 Å². The van der Waals surface area contributed by atoms with Gasteiger partial charge in [0.25, 0.3) is 5.91 Å². The smallest absolute Gasteiger partial charge is 0.264 e. The summed E-state index contributed by atoms with van der Waals surface area (Å²) >= 11 is 1.44. The van der Waals surface area contributed by atoms with Crippen LogP contribution in [-0.2, 0) is 4.74 Å². The van der Waals surface area contributed by atoms with Gasteiger partial charge in [-0.1, -0.05) is 0 Å². The summed E-state index contributed by atoms with van der Waals surface area (Å²) in [6.45, 7) is 1.74. The molecule has 0 radical (unpaired) electrons. The summed E-state index contributed by atoms with van der Waals surface area (Å²) in [5.74, 6) is 0.122. The van der Waals surface area contributed by atoms with Crippen LogP contribution in [0.1, 0.15) is 34.3 Å². The van der Waals surface area contributed by atoms with E-state index in [0.29, 0.717) is 0 Å². The number of likely N-dealkylation sites (tertiary alicyclic amines) is 1. The van der Waals surface area contributed by atoms with E-state index in [-0.39, 0.29) is 12.1 Å². The van der Waals surface area contributed by atoms with Crippen molar-refractivity contribution >= 4 is 28.6 Å². The zero-order valence-electron chi connectivity index (χ0n) is 10.2. The lowest BCUT2D eigenvalue weighted by atomic mass is 10.2. The third-order valence-corrected chi connectivity index (χ3v) is 4.32. The zero-order valence-corrected chi connectivity index (χ0v) is 11.0. The molecule has 0 spiro atoms. The van der Waals surface area contributed by atoms with Crippen molar-refractivity contribution in [2.45, 2.75) is 19.1 Å². The molecule has 1 aromatic rings. The van der Waals surface area contributed by atoms with Gasteiger partial charge < -0.3 is 15.0 Å². The summed E-state index contributed by atoms with van der Waals surface area (Å²) in [4.78, 5) is 19.2. The summed E-state index contributed by atoms with van der Waals surface area (Å²) in [5, 5.41) is 3.88. The van der Waals surface area contributed by atoms with Crippen LogP contribution in [0.5, 0.6) is 0 Å². The summed E-state index contributed by atoms with van der Waals surface area (Å²) in [5.41, 5.74) is 0.951. The number of nitrogens with zero attached hydrogens (tertiary/aromatic N) is 2. The van der Waals surface area contributed by atoms with Crippen LogP contribution in [0.25, 0.3) is 0 Å². The van der Waals surface area contributed by atoms with Crippen LogP contribution < -0.4 is 5.32 Å². The quantitative estimate of drug-likeness (QED) is 0.888. The number of ether oxygens (including phenoxy) is 1. The van der Waals surface area contributed by atoms with Crippen LogP contribution in [0.15, 0.2) is 11.1 Å². The van der Waals surface area contributed by atoms with E-state index in [1.165, 1.54) is 11.3 Å². The van der Waals surface area contributed by atoms with Gasteiger partial charge in [0.05, 0.1) is 11.2 Å². The maximum absolute atomic E-state index is 12.3. The predicted octanol–water partition coefficient (Wildman–Crippen LogP) is 1.89. The summed E-state index contributed by atoms with van der Waals surface area (Å²) in [6, 6.07) is 1.90. The number of carbonyl (C=O) groups is 1. The van der Waals surface area contributed by atoms with E-state index < -0.39 is 0 Å². The summed E-state index contributed by atoms with van der Waals surface area (Å²) < 4.78 is 5.32. The average Bonchev–Trinajstić information content (AvgIpc) is 3.05. The molecule has 1 fully saturated rings. The zero-order chi connectivity index (χ0) is 12.5. The van der Waals surface area contributed by atoms with Crippen molar-refractivity contribution in [1.29, 1.82) is 0 Å². The van der Waals surface area contributed by atoms with Crippen LogP contribution in [0.4, 0.5) is 5.00 Å². The van der Waals surface area contributed by atoms with Gasteiger partial charge in [-0.15, -0.1) is 11.3 Å². The number of aliphatic imine (C=N–C) groups is 1. The van der Waals surface area contributed by atoms with Gasteiger partial charge in [-0.2, -0.15) is 0 Å². The Morgan fingerprint density at radius 3 is 3.06 bits per heavy atom. The largest absolute Gasteiger partial charge is 0.357 e. The molecule has 18 heavy (non-hydrogen) atoms. The lowest BCUT2D eigenvalue weighted by Crippen LogP contribution is -2.27. The minimum atomic E-state index is -0.200. The Kier molecular flexibility index (Phi) is 3.05. The second-order valence-corrected chi connectivity index (χ2v) is 5.44. The number of hydrogen-bond acceptors (Lipinski definition) is 5. The van der Waals surface area contributed by atoms with Crippen LogP contribution >= 0.6 is 11.3 Å². The molecule has 2 aliphatic rings. The molecule has 96 valence electrons. The van der Waals surface area contributed by atoms with E-state index in [4.69, 9.17) is 4.74 Å². The average molecular weight is 265 g/mol. The Bertz CT molecular complexity index is 492. The Morgan fingerprint density at radius 2 is 2.33 bits per heavy atom. The first-order valence-electron chi connectivity index (χ1n) is 6.04. The highest BCUT2D eigenvalue weighted by atomic mass is 32.1. The fourth-order valence-electron chi connectivity index (χ4n) is 2.31. The van der Waals surface area contributed by atoms with E-state index in [1.54, 1.807) is 13.4 Å². The maximum Gasteiger partial charge on any atom is 0.264 e. The molecule has 0 aliphatic carbocycles. The van der Waals surface area contributed by atoms with Gasteiger partial charge in [0.1, 0.15) is 5.00 Å². The molecule has 1 amide bonds. The monoisotopic (exact) mass is 265 g/mol. The van der Waals surface area contributed by atoms with Gasteiger partial charge in [0, 0.05) is 25.8 Å². The third-order valence-electron chi connectivity index (χ3n) is 3.27. The molecule has 1 N–H and O–H groups in total. The number of amides is 1. The van der Waals surface area contributed by atoms with Crippen LogP contribution in [-0.4, -0.2) is 37.3 Å². The molecule has 6 heteroatoms. The molecule has 1 aromatic heterocycles. The van der Waals surface area contributed by atoms with Crippen molar-refractivity contribution in [3.63, 3.8) is 0 Å². The van der Waals surface area contributed by atoms with E-state index in [2.05, 4.69) is 10.3 Å². The molecule has 5 nitrogen and oxygen atoms in total. The molecule has 1 unspecified atom stereocenters. The minimum absolute atomic E-state index is 0.122. The Labute approximate surface area is 109 Å². The first-order valence-corrected chi connectivity index (χ1v) is 6.85. The van der Waals surface area contributed by atoms with Crippen molar-refractivity contribution in [1.82, 2.24) is 10.2 Å².